The molecule has 0 aliphatic rings. The topological polar surface area (TPSA) is 60.1 Å². The number of para-hydroxylation sites is 2. The van der Waals surface area contributed by atoms with Gasteiger partial charge in [-0.3, -0.25) is 4.79 Å². The minimum Gasteiger partial charge on any atom is -0.459 e. The Morgan fingerprint density at radius 2 is 1.93 bits per heavy atom. The minimum atomic E-state index is -0.397. The first-order valence-corrected chi connectivity index (χ1v) is 8.63. The van der Waals surface area contributed by atoms with E-state index in [9.17, 15) is 9.18 Å². The highest BCUT2D eigenvalue weighted by Gasteiger charge is 2.20. The van der Waals surface area contributed by atoms with Crippen LogP contribution in [0.15, 0.2) is 65.2 Å². The predicted molar refractivity (Wildman–Crippen MR) is 100 cm³/mol. The summed E-state index contributed by atoms with van der Waals surface area (Å²) < 4.78 is 21.3. The molecule has 0 saturated carbocycles. The summed E-state index contributed by atoms with van der Waals surface area (Å²) in [4.78, 5) is 12.7. The molecule has 6 heteroatoms. The van der Waals surface area contributed by atoms with E-state index in [2.05, 4.69) is 10.4 Å². The first-order valence-electron chi connectivity index (χ1n) is 8.63. The average molecular weight is 363 g/mol. The zero-order valence-electron chi connectivity index (χ0n) is 14.9. The monoisotopic (exact) mass is 363 g/mol. The summed E-state index contributed by atoms with van der Waals surface area (Å²) in [6, 6.07) is 15.6. The molecule has 1 atom stereocenters. The quantitative estimate of drug-likeness (QED) is 0.578. The fraction of sp³-hybridized carbons (Fsp3) is 0.143. The lowest BCUT2D eigenvalue weighted by atomic mass is 10.2. The van der Waals surface area contributed by atoms with E-state index >= 15 is 0 Å². The van der Waals surface area contributed by atoms with Gasteiger partial charge in [-0.15, -0.1) is 0 Å². The molecule has 0 spiro atoms. The minimum absolute atomic E-state index is 0.289. The Hall–Kier alpha value is -3.41. The zero-order chi connectivity index (χ0) is 19.0. The van der Waals surface area contributed by atoms with Crippen LogP contribution in [0.2, 0.25) is 0 Å². The summed E-state index contributed by atoms with van der Waals surface area (Å²) >= 11 is 0. The van der Waals surface area contributed by atoms with E-state index in [1.165, 1.54) is 16.9 Å². The third kappa shape index (κ3) is 3.10. The highest BCUT2D eigenvalue weighted by atomic mass is 19.1. The van der Waals surface area contributed by atoms with Crippen LogP contribution in [-0.4, -0.2) is 15.7 Å². The first-order chi connectivity index (χ1) is 13.0. The second-order valence-corrected chi connectivity index (χ2v) is 6.39. The van der Waals surface area contributed by atoms with Crippen molar-refractivity contribution in [3.63, 3.8) is 0 Å². The summed E-state index contributed by atoms with van der Waals surface area (Å²) in [5.74, 6) is -0.0157. The molecule has 2 heterocycles. The van der Waals surface area contributed by atoms with Crippen LogP contribution in [0.5, 0.6) is 0 Å². The number of furan rings is 1. The van der Waals surface area contributed by atoms with E-state index in [-0.39, 0.29) is 11.9 Å². The molecule has 0 fully saturated rings. The molecule has 27 heavy (non-hydrogen) atoms. The molecule has 0 aliphatic heterocycles. The number of nitrogens with zero attached hydrogens (tertiary/aromatic N) is 2. The maximum absolute atomic E-state index is 14.0. The summed E-state index contributed by atoms with van der Waals surface area (Å²) in [6.07, 6.45) is 1.45. The fourth-order valence-electron chi connectivity index (χ4n) is 3.06. The largest absolute Gasteiger partial charge is 0.459 e. The standard InChI is InChI=1S/C21H18FN3O2/c1-13(20-11-15-7-3-6-10-19(15)27-20)24-21(26)16-12-23-25(14(16)2)18-9-5-4-8-17(18)22/h3-13H,1-2H3,(H,24,26). The second kappa shape index (κ2) is 6.72. The van der Waals surface area contributed by atoms with Crippen LogP contribution >= 0.6 is 0 Å². The van der Waals surface area contributed by atoms with E-state index in [0.29, 0.717) is 22.7 Å². The SMILES string of the molecule is Cc1c(C(=O)NC(C)c2cc3ccccc3o2)cnn1-c1ccccc1F. The Labute approximate surface area is 155 Å². The van der Waals surface area contributed by atoms with Crippen LogP contribution in [-0.2, 0) is 0 Å². The van der Waals surface area contributed by atoms with Crippen LogP contribution in [0.25, 0.3) is 16.7 Å². The van der Waals surface area contributed by atoms with E-state index < -0.39 is 5.82 Å². The number of nitrogens with one attached hydrogen (secondary N) is 1. The summed E-state index contributed by atoms with van der Waals surface area (Å²) in [5.41, 5.74) is 2.03. The molecular formula is C21H18FN3O2. The molecule has 1 N–H and O–H groups in total. The Kier molecular flexibility index (Phi) is 4.24. The summed E-state index contributed by atoms with van der Waals surface area (Å²) in [7, 11) is 0. The molecule has 0 bridgehead atoms. The average Bonchev–Trinajstić information content (AvgIpc) is 3.26. The number of amides is 1. The third-order valence-electron chi connectivity index (χ3n) is 4.55. The highest BCUT2D eigenvalue weighted by molar-refractivity contribution is 5.95. The molecule has 1 amide bonds. The van der Waals surface area contributed by atoms with Gasteiger partial charge in [0.05, 0.1) is 23.5 Å². The van der Waals surface area contributed by atoms with Crippen LogP contribution in [0.3, 0.4) is 0 Å². The van der Waals surface area contributed by atoms with Gasteiger partial charge >= 0.3 is 0 Å². The molecule has 136 valence electrons. The van der Waals surface area contributed by atoms with Gasteiger partial charge in [-0.1, -0.05) is 30.3 Å². The highest BCUT2D eigenvalue weighted by Crippen LogP contribution is 2.24. The molecule has 0 aliphatic carbocycles. The lowest BCUT2D eigenvalue weighted by Crippen LogP contribution is -2.26. The number of carbonyl (C=O) groups is 1. The van der Waals surface area contributed by atoms with Gasteiger partial charge in [0.15, 0.2) is 0 Å². The van der Waals surface area contributed by atoms with Gasteiger partial charge in [-0.2, -0.15) is 5.10 Å². The summed E-state index contributed by atoms with van der Waals surface area (Å²) in [6.45, 7) is 3.59. The maximum atomic E-state index is 14.0. The summed E-state index contributed by atoms with van der Waals surface area (Å²) in [5, 5.41) is 8.07. The van der Waals surface area contributed by atoms with Crippen molar-refractivity contribution in [3.8, 4) is 5.69 Å². The lowest BCUT2D eigenvalue weighted by molar-refractivity contribution is 0.0935. The third-order valence-corrected chi connectivity index (χ3v) is 4.55. The number of hydrogen-bond acceptors (Lipinski definition) is 3. The van der Waals surface area contributed by atoms with Gasteiger partial charge in [0.1, 0.15) is 22.8 Å². The molecule has 2 aromatic carbocycles. The van der Waals surface area contributed by atoms with Crippen molar-refractivity contribution in [2.75, 3.05) is 0 Å². The van der Waals surface area contributed by atoms with Crippen molar-refractivity contribution in [2.24, 2.45) is 0 Å². The van der Waals surface area contributed by atoms with Gasteiger partial charge in [0, 0.05) is 5.39 Å². The molecule has 4 aromatic rings. The molecular weight excluding hydrogens is 345 g/mol. The zero-order valence-corrected chi connectivity index (χ0v) is 14.9. The fourth-order valence-corrected chi connectivity index (χ4v) is 3.06. The second-order valence-electron chi connectivity index (χ2n) is 6.39. The maximum Gasteiger partial charge on any atom is 0.255 e. The Balaban J connectivity index is 1.57. The van der Waals surface area contributed by atoms with E-state index in [0.717, 1.165) is 11.0 Å². The van der Waals surface area contributed by atoms with Crippen molar-refractivity contribution in [1.29, 1.82) is 0 Å². The first kappa shape index (κ1) is 17.0. The molecule has 4 rings (SSSR count). The van der Waals surface area contributed by atoms with Crippen molar-refractivity contribution < 1.29 is 13.6 Å². The molecule has 2 aromatic heterocycles. The molecule has 0 radical (unpaired) electrons. The van der Waals surface area contributed by atoms with Gasteiger partial charge in [0.25, 0.3) is 5.91 Å². The number of rotatable bonds is 4. The lowest BCUT2D eigenvalue weighted by Gasteiger charge is -2.11. The number of fused-ring (bicyclic) bond motifs is 1. The van der Waals surface area contributed by atoms with Gasteiger partial charge < -0.3 is 9.73 Å². The normalized spacial score (nSPS) is 12.3. The van der Waals surface area contributed by atoms with Gasteiger partial charge in [-0.05, 0) is 38.1 Å². The van der Waals surface area contributed by atoms with Gasteiger partial charge in [0.2, 0.25) is 0 Å². The number of carbonyl (C=O) groups excluding carboxylic acids is 1. The predicted octanol–water partition coefficient (Wildman–Crippen LogP) is 4.56. The van der Waals surface area contributed by atoms with E-state index in [1.54, 1.807) is 25.1 Å². The Morgan fingerprint density at radius 3 is 2.70 bits per heavy atom. The van der Waals surface area contributed by atoms with Crippen LogP contribution in [0, 0.1) is 12.7 Å². The number of benzene rings is 2. The van der Waals surface area contributed by atoms with E-state index in [1.807, 2.05) is 37.3 Å². The van der Waals surface area contributed by atoms with Crippen LogP contribution < -0.4 is 5.32 Å². The number of aromatic nitrogens is 2. The van der Waals surface area contributed by atoms with Gasteiger partial charge in [-0.25, -0.2) is 9.07 Å². The molecule has 1 unspecified atom stereocenters. The van der Waals surface area contributed by atoms with E-state index in [4.69, 9.17) is 4.42 Å². The number of hydrogen-bond donors (Lipinski definition) is 1. The van der Waals surface area contributed by atoms with Crippen LogP contribution in [0.1, 0.15) is 34.8 Å². The van der Waals surface area contributed by atoms with Crippen molar-refractivity contribution >= 4 is 16.9 Å². The molecule has 0 saturated heterocycles. The Morgan fingerprint density at radius 1 is 1.19 bits per heavy atom. The van der Waals surface area contributed by atoms with Crippen molar-refractivity contribution in [2.45, 2.75) is 19.9 Å². The molecule has 5 nitrogen and oxygen atoms in total. The van der Waals surface area contributed by atoms with Crippen molar-refractivity contribution in [1.82, 2.24) is 15.1 Å². The Bertz CT molecular complexity index is 1100. The smallest absolute Gasteiger partial charge is 0.255 e. The van der Waals surface area contributed by atoms with Crippen molar-refractivity contribution in [3.05, 3.63) is 83.6 Å². The van der Waals surface area contributed by atoms with Crippen LogP contribution in [0.4, 0.5) is 4.39 Å². The number of halogens is 1.